The number of carbonyl (C=O) groups excluding carboxylic acids is 1. The van der Waals surface area contributed by atoms with Crippen LogP contribution in [0.1, 0.15) is 62.5 Å². The van der Waals surface area contributed by atoms with Crippen molar-refractivity contribution in [3.63, 3.8) is 0 Å². The monoisotopic (exact) mass is 397 g/mol. The molecule has 7 heteroatoms. The molecule has 0 atom stereocenters. The van der Waals surface area contributed by atoms with Crippen molar-refractivity contribution in [2.24, 2.45) is 4.99 Å². The topological polar surface area (TPSA) is 82.8 Å². The third kappa shape index (κ3) is 5.37. The number of benzene rings is 1. The fourth-order valence-corrected chi connectivity index (χ4v) is 3.60. The zero-order valence-electron chi connectivity index (χ0n) is 17.6. The quantitative estimate of drug-likeness (QED) is 0.526. The minimum absolute atomic E-state index is 0.209. The van der Waals surface area contributed by atoms with Gasteiger partial charge in [-0.15, -0.1) is 0 Å². The Bertz CT molecular complexity index is 824. The number of anilines is 1. The SMILES string of the molecule is CCC(CC)c1cc(CNC(=NC)NCc2ccc(N3CCCC3=O)cc2)on1. The number of guanidine groups is 1. The number of hydrogen-bond acceptors (Lipinski definition) is 4. The molecule has 0 aliphatic carbocycles. The summed E-state index contributed by atoms with van der Waals surface area (Å²) in [5.74, 6) is 2.16. The van der Waals surface area contributed by atoms with E-state index in [-0.39, 0.29) is 5.91 Å². The van der Waals surface area contributed by atoms with E-state index >= 15 is 0 Å². The average molecular weight is 398 g/mol. The van der Waals surface area contributed by atoms with Gasteiger partial charge in [0.15, 0.2) is 11.7 Å². The summed E-state index contributed by atoms with van der Waals surface area (Å²) in [5.41, 5.74) is 3.11. The van der Waals surface area contributed by atoms with E-state index in [0.717, 1.165) is 48.5 Å². The van der Waals surface area contributed by atoms with Gasteiger partial charge in [-0.05, 0) is 37.0 Å². The normalized spacial score (nSPS) is 14.7. The Hall–Kier alpha value is -2.83. The molecule has 2 heterocycles. The van der Waals surface area contributed by atoms with Crippen LogP contribution in [-0.4, -0.2) is 30.6 Å². The van der Waals surface area contributed by atoms with E-state index < -0.39 is 0 Å². The smallest absolute Gasteiger partial charge is 0.227 e. The van der Waals surface area contributed by atoms with Crippen LogP contribution in [-0.2, 0) is 17.9 Å². The summed E-state index contributed by atoms with van der Waals surface area (Å²) < 4.78 is 5.45. The van der Waals surface area contributed by atoms with Crippen molar-refractivity contribution in [2.75, 3.05) is 18.5 Å². The largest absolute Gasteiger partial charge is 0.359 e. The first-order valence-electron chi connectivity index (χ1n) is 10.4. The Morgan fingerprint density at radius 2 is 1.93 bits per heavy atom. The Morgan fingerprint density at radius 3 is 2.55 bits per heavy atom. The molecule has 29 heavy (non-hydrogen) atoms. The summed E-state index contributed by atoms with van der Waals surface area (Å²) in [5, 5.41) is 10.8. The van der Waals surface area contributed by atoms with Crippen LogP contribution in [0.4, 0.5) is 5.69 Å². The summed E-state index contributed by atoms with van der Waals surface area (Å²) in [4.78, 5) is 18.0. The van der Waals surface area contributed by atoms with Gasteiger partial charge in [0, 0.05) is 44.2 Å². The summed E-state index contributed by atoms with van der Waals surface area (Å²) in [7, 11) is 1.74. The van der Waals surface area contributed by atoms with E-state index in [2.05, 4.69) is 34.6 Å². The first kappa shape index (κ1) is 20.9. The first-order valence-corrected chi connectivity index (χ1v) is 10.4. The number of aromatic nitrogens is 1. The highest BCUT2D eigenvalue weighted by Crippen LogP contribution is 2.23. The Morgan fingerprint density at radius 1 is 1.21 bits per heavy atom. The fourth-order valence-electron chi connectivity index (χ4n) is 3.60. The lowest BCUT2D eigenvalue weighted by Gasteiger charge is -2.16. The maximum atomic E-state index is 11.9. The molecule has 1 fully saturated rings. The van der Waals surface area contributed by atoms with Gasteiger partial charge < -0.3 is 20.1 Å². The lowest BCUT2D eigenvalue weighted by atomic mass is 9.99. The van der Waals surface area contributed by atoms with Crippen molar-refractivity contribution >= 4 is 17.6 Å². The van der Waals surface area contributed by atoms with E-state index in [1.165, 1.54) is 0 Å². The van der Waals surface area contributed by atoms with Crippen LogP contribution >= 0.6 is 0 Å². The van der Waals surface area contributed by atoms with Crippen molar-refractivity contribution in [2.45, 2.75) is 58.5 Å². The molecule has 3 rings (SSSR count). The van der Waals surface area contributed by atoms with Gasteiger partial charge in [0.25, 0.3) is 0 Å². The number of amides is 1. The third-order valence-corrected chi connectivity index (χ3v) is 5.42. The summed E-state index contributed by atoms with van der Waals surface area (Å²) in [6, 6.07) is 10.1. The van der Waals surface area contributed by atoms with Crippen LogP contribution in [0, 0.1) is 0 Å². The molecular weight excluding hydrogens is 366 g/mol. The summed E-state index contributed by atoms with van der Waals surface area (Å²) in [6.07, 6.45) is 3.71. The molecule has 0 spiro atoms. The van der Waals surface area contributed by atoms with E-state index in [1.807, 2.05) is 35.2 Å². The second-order valence-electron chi connectivity index (χ2n) is 7.33. The highest BCUT2D eigenvalue weighted by atomic mass is 16.5. The third-order valence-electron chi connectivity index (χ3n) is 5.42. The average Bonchev–Trinajstić information content (AvgIpc) is 3.39. The van der Waals surface area contributed by atoms with Crippen LogP contribution in [0.2, 0.25) is 0 Å². The van der Waals surface area contributed by atoms with Crippen LogP contribution in [0.25, 0.3) is 0 Å². The fraction of sp³-hybridized carbons (Fsp3) is 0.500. The van der Waals surface area contributed by atoms with E-state index in [1.54, 1.807) is 7.05 Å². The minimum atomic E-state index is 0.209. The number of aliphatic imine (C=N–C) groups is 1. The standard InChI is InChI=1S/C22H31N5O2/c1-4-17(5-2)20-13-19(29-26-20)15-25-22(23-3)24-14-16-8-10-18(11-9-16)27-12-6-7-21(27)28/h8-11,13,17H,4-7,12,14-15H2,1-3H3,(H2,23,24,25). The molecule has 1 amide bonds. The number of hydrogen-bond donors (Lipinski definition) is 2. The van der Waals surface area contributed by atoms with Crippen molar-refractivity contribution < 1.29 is 9.32 Å². The molecule has 1 aliphatic rings. The van der Waals surface area contributed by atoms with Gasteiger partial charge in [0.1, 0.15) is 0 Å². The molecule has 0 radical (unpaired) electrons. The number of rotatable bonds is 8. The molecule has 2 N–H and O–H groups in total. The molecule has 7 nitrogen and oxygen atoms in total. The van der Waals surface area contributed by atoms with Crippen molar-refractivity contribution in [3.05, 3.63) is 47.3 Å². The van der Waals surface area contributed by atoms with Crippen molar-refractivity contribution in [1.29, 1.82) is 0 Å². The molecule has 156 valence electrons. The molecule has 1 saturated heterocycles. The second-order valence-corrected chi connectivity index (χ2v) is 7.33. The van der Waals surface area contributed by atoms with Gasteiger partial charge >= 0.3 is 0 Å². The minimum Gasteiger partial charge on any atom is -0.359 e. The predicted molar refractivity (Wildman–Crippen MR) is 115 cm³/mol. The Kier molecular flexibility index (Phi) is 7.27. The maximum absolute atomic E-state index is 11.9. The van der Waals surface area contributed by atoms with Gasteiger partial charge in [0.2, 0.25) is 5.91 Å². The lowest BCUT2D eigenvalue weighted by Crippen LogP contribution is -2.36. The van der Waals surface area contributed by atoms with Crippen LogP contribution in [0.3, 0.4) is 0 Å². The second kappa shape index (κ2) is 10.1. The predicted octanol–water partition coefficient (Wildman–Crippen LogP) is 3.57. The zero-order valence-corrected chi connectivity index (χ0v) is 17.6. The molecule has 2 aromatic rings. The molecule has 1 aromatic heterocycles. The van der Waals surface area contributed by atoms with E-state index in [9.17, 15) is 4.79 Å². The zero-order chi connectivity index (χ0) is 20.6. The summed E-state index contributed by atoms with van der Waals surface area (Å²) >= 11 is 0. The summed E-state index contributed by atoms with van der Waals surface area (Å²) in [6.45, 7) is 6.32. The Labute approximate surface area is 172 Å². The maximum Gasteiger partial charge on any atom is 0.227 e. The molecule has 0 saturated carbocycles. The molecule has 0 unspecified atom stereocenters. The lowest BCUT2D eigenvalue weighted by molar-refractivity contribution is -0.117. The van der Waals surface area contributed by atoms with E-state index in [0.29, 0.717) is 31.4 Å². The van der Waals surface area contributed by atoms with Gasteiger partial charge in [-0.25, -0.2) is 0 Å². The van der Waals surface area contributed by atoms with Crippen LogP contribution < -0.4 is 15.5 Å². The molecule has 1 aromatic carbocycles. The molecule has 1 aliphatic heterocycles. The van der Waals surface area contributed by atoms with Gasteiger partial charge in [0.05, 0.1) is 12.2 Å². The van der Waals surface area contributed by atoms with E-state index in [4.69, 9.17) is 4.52 Å². The number of carbonyl (C=O) groups is 1. The van der Waals surface area contributed by atoms with Crippen LogP contribution in [0.5, 0.6) is 0 Å². The highest BCUT2D eigenvalue weighted by Gasteiger charge is 2.21. The number of nitrogens with one attached hydrogen (secondary N) is 2. The molecular formula is C22H31N5O2. The molecule has 0 bridgehead atoms. The van der Waals surface area contributed by atoms with Crippen molar-refractivity contribution in [1.82, 2.24) is 15.8 Å². The Balaban J connectivity index is 1.48. The van der Waals surface area contributed by atoms with Gasteiger partial charge in [-0.1, -0.05) is 31.1 Å². The van der Waals surface area contributed by atoms with Gasteiger partial charge in [-0.2, -0.15) is 0 Å². The first-order chi connectivity index (χ1) is 14.1. The number of nitrogens with zero attached hydrogens (tertiary/aromatic N) is 3. The highest BCUT2D eigenvalue weighted by molar-refractivity contribution is 5.95. The van der Waals surface area contributed by atoms with Crippen LogP contribution in [0.15, 0.2) is 39.8 Å². The van der Waals surface area contributed by atoms with Crippen molar-refractivity contribution in [3.8, 4) is 0 Å². The van der Waals surface area contributed by atoms with Gasteiger partial charge in [-0.3, -0.25) is 9.79 Å².